The van der Waals surface area contributed by atoms with Gasteiger partial charge in [-0.05, 0) is 24.1 Å². The number of hydrogen-bond donors (Lipinski definition) is 1. The summed E-state index contributed by atoms with van der Waals surface area (Å²) < 4.78 is 1.73. The van der Waals surface area contributed by atoms with E-state index in [-0.39, 0.29) is 11.9 Å². The van der Waals surface area contributed by atoms with Crippen molar-refractivity contribution in [1.82, 2.24) is 19.9 Å². The van der Waals surface area contributed by atoms with Crippen LogP contribution in [-0.4, -0.2) is 44.0 Å². The molecule has 0 unspecified atom stereocenters. The predicted molar refractivity (Wildman–Crippen MR) is 97.5 cm³/mol. The Balaban J connectivity index is 1.50. The lowest BCUT2D eigenvalue weighted by Crippen LogP contribution is -2.51. The molecule has 0 aliphatic carbocycles. The van der Waals surface area contributed by atoms with Crippen LogP contribution in [0.25, 0.3) is 11.1 Å². The Hall–Kier alpha value is -2.99. The van der Waals surface area contributed by atoms with Gasteiger partial charge in [0.25, 0.3) is 5.91 Å². The second-order valence-electron chi connectivity index (χ2n) is 6.57. The fourth-order valence-electron chi connectivity index (χ4n) is 3.16. The van der Waals surface area contributed by atoms with Gasteiger partial charge in [-0.25, -0.2) is 4.68 Å². The Morgan fingerprint density at radius 1 is 1.12 bits per heavy atom. The van der Waals surface area contributed by atoms with Gasteiger partial charge < -0.3 is 10.0 Å². The Morgan fingerprint density at radius 3 is 2.50 bits per heavy atom. The lowest BCUT2D eigenvalue weighted by atomic mass is 9.97. The Kier molecular flexibility index (Phi) is 4.26. The van der Waals surface area contributed by atoms with Crippen LogP contribution in [0.3, 0.4) is 0 Å². The molecule has 2 heterocycles. The van der Waals surface area contributed by atoms with Crippen molar-refractivity contribution in [1.29, 1.82) is 0 Å². The maximum atomic E-state index is 13.0. The molecule has 0 saturated carbocycles. The number of carbonyl (C=O) groups is 1. The molecule has 6 heteroatoms. The zero-order valence-electron chi connectivity index (χ0n) is 14.5. The molecule has 26 heavy (non-hydrogen) atoms. The number of likely N-dealkylation sites (tertiary alicyclic amines) is 1. The Bertz CT molecular complexity index is 914. The Labute approximate surface area is 151 Å². The van der Waals surface area contributed by atoms with Gasteiger partial charge in [0.2, 0.25) is 0 Å². The van der Waals surface area contributed by atoms with Crippen LogP contribution in [0, 0.1) is 0 Å². The lowest BCUT2D eigenvalue weighted by Gasteiger charge is -2.39. The molecule has 3 aromatic rings. The standard InChI is InChI=1S/C20H20N4O2/c1-14(25)19-13-24(22-21-19)16-11-23(12-16)20(26)18-10-6-5-9-17(18)15-7-3-2-4-8-15/h2-10,13-14,16,25H,11-12H2,1H3/t14-/m1/s1. The molecule has 1 fully saturated rings. The van der Waals surface area contributed by atoms with Crippen molar-refractivity contribution in [2.24, 2.45) is 0 Å². The number of aliphatic hydroxyl groups is 1. The molecule has 1 aliphatic rings. The topological polar surface area (TPSA) is 71.2 Å². The van der Waals surface area contributed by atoms with Crippen LogP contribution in [-0.2, 0) is 0 Å². The van der Waals surface area contributed by atoms with Gasteiger partial charge in [0.05, 0.1) is 18.3 Å². The van der Waals surface area contributed by atoms with Gasteiger partial charge >= 0.3 is 0 Å². The molecule has 1 saturated heterocycles. The van der Waals surface area contributed by atoms with Gasteiger partial charge in [-0.3, -0.25) is 4.79 Å². The van der Waals surface area contributed by atoms with E-state index in [0.717, 1.165) is 11.1 Å². The summed E-state index contributed by atoms with van der Waals surface area (Å²) in [6.45, 7) is 2.83. The predicted octanol–water partition coefficient (Wildman–Crippen LogP) is 2.70. The van der Waals surface area contributed by atoms with E-state index in [1.54, 1.807) is 17.8 Å². The van der Waals surface area contributed by atoms with Crippen molar-refractivity contribution >= 4 is 5.91 Å². The summed E-state index contributed by atoms with van der Waals surface area (Å²) in [5, 5.41) is 17.6. The van der Waals surface area contributed by atoms with Gasteiger partial charge in [-0.15, -0.1) is 5.10 Å². The van der Waals surface area contributed by atoms with Crippen molar-refractivity contribution < 1.29 is 9.90 Å². The average molecular weight is 348 g/mol. The third-order valence-corrected chi connectivity index (χ3v) is 4.72. The number of benzene rings is 2. The molecule has 132 valence electrons. The van der Waals surface area contributed by atoms with Crippen molar-refractivity contribution in [2.45, 2.75) is 19.1 Å². The van der Waals surface area contributed by atoms with E-state index in [4.69, 9.17) is 0 Å². The smallest absolute Gasteiger partial charge is 0.254 e. The number of aromatic nitrogens is 3. The minimum atomic E-state index is -0.640. The second kappa shape index (κ2) is 6.72. The van der Waals surface area contributed by atoms with E-state index in [1.807, 2.05) is 59.5 Å². The van der Waals surface area contributed by atoms with E-state index in [1.165, 1.54) is 0 Å². The minimum Gasteiger partial charge on any atom is -0.387 e. The highest BCUT2D eigenvalue weighted by Crippen LogP contribution is 2.28. The fourth-order valence-corrected chi connectivity index (χ4v) is 3.16. The van der Waals surface area contributed by atoms with Crippen LogP contribution in [0.15, 0.2) is 60.8 Å². The van der Waals surface area contributed by atoms with Crippen LogP contribution in [0.4, 0.5) is 0 Å². The quantitative estimate of drug-likeness (QED) is 0.787. The van der Waals surface area contributed by atoms with E-state index in [2.05, 4.69) is 10.3 Å². The summed E-state index contributed by atoms with van der Waals surface area (Å²) >= 11 is 0. The molecule has 4 rings (SSSR count). The summed E-state index contributed by atoms with van der Waals surface area (Å²) in [6, 6.07) is 17.7. The van der Waals surface area contributed by atoms with Crippen LogP contribution in [0.1, 0.15) is 35.1 Å². The first kappa shape index (κ1) is 16.5. The highest BCUT2D eigenvalue weighted by molar-refractivity contribution is 6.01. The second-order valence-corrected chi connectivity index (χ2v) is 6.57. The van der Waals surface area contributed by atoms with Crippen LogP contribution < -0.4 is 0 Å². The third-order valence-electron chi connectivity index (χ3n) is 4.72. The van der Waals surface area contributed by atoms with E-state index < -0.39 is 6.10 Å². The maximum absolute atomic E-state index is 13.0. The summed E-state index contributed by atoms with van der Waals surface area (Å²) in [5.74, 6) is 0.0246. The number of hydrogen-bond acceptors (Lipinski definition) is 4. The molecule has 1 aromatic heterocycles. The molecule has 6 nitrogen and oxygen atoms in total. The highest BCUT2D eigenvalue weighted by atomic mass is 16.3. The van der Waals surface area contributed by atoms with Crippen LogP contribution >= 0.6 is 0 Å². The first-order valence-electron chi connectivity index (χ1n) is 8.67. The SMILES string of the molecule is C[C@@H](O)c1cn(C2CN(C(=O)c3ccccc3-c3ccccc3)C2)nn1. The number of aliphatic hydroxyl groups excluding tert-OH is 1. The maximum Gasteiger partial charge on any atom is 0.254 e. The zero-order chi connectivity index (χ0) is 18.1. The molecule has 0 radical (unpaired) electrons. The summed E-state index contributed by atoms with van der Waals surface area (Å²) in [6.07, 6.45) is 1.11. The van der Waals surface area contributed by atoms with Crippen LogP contribution in [0.2, 0.25) is 0 Å². The van der Waals surface area contributed by atoms with Crippen LogP contribution in [0.5, 0.6) is 0 Å². The number of amides is 1. The largest absolute Gasteiger partial charge is 0.387 e. The van der Waals surface area contributed by atoms with Gasteiger partial charge in [0, 0.05) is 18.7 Å². The monoisotopic (exact) mass is 348 g/mol. The number of carbonyl (C=O) groups excluding carboxylic acids is 1. The molecule has 0 spiro atoms. The van der Waals surface area contributed by atoms with Gasteiger partial charge in [0.15, 0.2) is 0 Å². The first-order valence-corrected chi connectivity index (χ1v) is 8.67. The molecule has 0 bridgehead atoms. The summed E-state index contributed by atoms with van der Waals surface area (Å²) in [5.41, 5.74) is 3.23. The van der Waals surface area contributed by atoms with E-state index in [0.29, 0.717) is 24.3 Å². The van der Waals surface area contributed by atoms with E-state index >= 15 is 0 Å². The summed E-state index contributed by atoms with van der Waals surface area (Å²) in [7, 11) is 0. The minimum absolute atomic E-state index is 0.0246. The van der Waals surface area contributed by atoms with Gasteiger partial charge in [-0.1, -0.05) is 53.7 Å². The molecular weight excluding hydrogens is 328 g/mol. The molecule has 2 aromatic carbocycles. The molecule has 1 atom stereocenters. The molecular formula is C20H20N4O2. The van der Waals surface area contributed by atoms with Crippen molar-refractivity contribution in [3.8, 4) is 11.1 Å². The number of nitrogens with zero attached hydrogens (tertiary/aromatic N) is 4. The molecule has 1 aliphatic heterocycles. The number of rotatable bonds is 4. The zero-order valence-corrected chi connectivity index (χ0v) is 14.5. The molecule has 1 amide bonds. The van der Waals surface area contributed by atoms with Gasteiger partial charge in [-0.2, -0.15) is 0 Å². The van der Waals surface area contributed by atoms with Gasteiger partial charge in [0.1, 0.15) is 5.69 Å². The average Bonchev–Trinajstić information content (AvgIpc) is 3.11. The Morgan fingerprint density at radius 2 is 1.81 bits per heavy atom. The van der Waals surface area contributed by atoms with E-state index in [9.17, 15) is 9.90 Å². The summed E-state index contributed by atoms with van der Waals surface area (Å²) in [4.78, 5) is 14.8. The normalized spacial score (nSPS) is 15.5. The third kappa shape index (κ3) is 2.99. The van der Waals surface area contributed by atoms with Crippen molar-refractivity contribution in [2.75, 3.05) is 13.1 Å². The molecule has 1 N–H and O–H groups in total. The fraction of sp³-hybridized carbons (Fsp3) is 0.250. The van der Waals surface area contributed by atoms with Crippen molar-refractivity contribution in [3.05, 3.63) is 72.1 Å². The highest BCUT2D eigenvalue weighted by Gasteiger charge is 2.34. The first-order chi connectivity index (χ1) is 12.6. The van der Waals surface area contributed by atoms with Crippen molar-refractivity contribution in [3.63, 3.8) is 0 Å². The lowest BCUT2D eigenvalue weighted by molar-refractivity contribution is 0.0499.